The van der Waals surface area contributed by atoms with Crippen molar-refractivity contribution in [2.24, 2.45) is 0 Å². The number of alkyl halides is 1. The number of hydrogen-bond donors (Lipinski definition) is 0. The normalized spacial score (nSPS) is 14.5. The molecule has 88 valence electrons. The van der Waals surface area contributed by atoms with Crippen molar-refractivity contribution in [2.75, 3.05) is 0 Å². The van der Waals surface area contributed by atoms with E-state index < -0.39 is 0 Å². The third-order valence-corrected chi connectivity index (χ3v) is 3.21. The molecular weight excluding hydrogens is 272 g/mol. The summed E-state index contributed by atoms with van der Waals surface area (Å²) in [5.74, 6) is 0.0704. The molecular formula is C11H15BrN2O2. The predicted octanol–water partition coefficient (Wildman–Crippen LogP) is 3.58. The van der Waals surface area contributed by atoms with E-state index in [0.717, 1.165) is 12.0 Å². The van der Waals surface area contributed by atoms with Crippen LogP contribution in [0.25, 0.3) is 0 Å². The van der Waals surface area contributed by atoms with Gasteiger partial charge in [-0.3, -0.25) is 15.1 Å². The molecule has 2 unspecified atom stereocenters. The maximum atomic E-state index is 11.0. The van der Waals surface area contributed by atoms with Crippen LogP contribution in [0.5, 0.6) is 0 Å². The van der Waals surface area contributed by atoms with Gasteiger partial charge < -0.3 is 0 Å². The maximum Gasteiger partial charge on any atom is 0.291 e. The van der Waals surface area contributed by atoms with Crippen molar-refractivity contribution in [3.8, 4) is 0 Å². The molecule has 4 nitrogen and oxygen atoms in total. The van der Waals surface area contributed by atoms with E-state index in [-0.39, 0.29) is 21.4 Å². The highest BCUT2D eigenvalue weighted by atomic mass is 79.9. The SMILES string of the molecule is CCC(c1ncc(C)cc1[N+](=O)[O-])C(C)Br. The van der Waals surface area contributed by atoms with Gasteiger partial charge in [0.25, 0.3) is 5.69 Å². The van der Waals surface area contributed by atoms with Gasteiger partial charge in [0.2, 0.25) is 0 Å². The number of aromatic nitrogens is 1. The summed E-state index contributed by atoms with van der Waals surface area (Å²) in [4.78, 5) is 15.0. The highest BCUT2D eigenvalue weighted by Crippen LogP contribution is 2.32. The van der Waals surface area contributed by atoms with Crippen molar-refractivity contribution in [1.82, 2.24) is 4.98 Å². The Labute approximate surface area is 103 Å². The Bertz CT molecular complexity index is 394. The van der Waals surface area contributed by atoms with Gasteiger partial charge in [-0.2, -0.15) is 0 Å². The van der Waals surface area contributed by atoms with Crippen molar-refractivity contribution in [2.45, 2.75) is 37.9 Å². The number of aryl methyl sites for hydroxylation is 1. The Morgan fingerprint density at radius 1 is 1.62 bits per heavy atom. The smallest absolute Gasteiger partial charge is 0.258 e. The molecule has 16 heavy (non-hydrogen) atoms. The number of nitro groups is 1. The average molecular weight is 287 g/mol. The second-order valence-corrected chi connectivity index (χ2v) is 5.31. The first-order valence-electron chi connectivity index (χ1n) is 5.22. The molecule has 0 saturated carbocycles. The van der Waals surface area contributed by atoms with E-state index in [4.69, 9.17) is 0 Å². The number of nitrogens with zero attached hydrogens (tertiary/aromatic N) is 2. The molecule has 1 aromatic heterocycles. The lowest BCUT2D eigenvalue weighted by Gasteiger charge is -2.16. The molecule has 0 aliphatic carbocycles. The Kier molecular flexibility index (Phi) is 4.41. The minimum Gasteiger partial charge on any atom is -0.258 e. The first-order chi connectivity index (χ1) is 7.47. The van der Waals surface area contributed by atoms with Crippen LogP contribution in [0, 0.1) is 17.0 Å². The number of hydrogen-bond acceptors (Lipinski definition) is 3. The second-order valence-electron chi connectivity index (χ2n) is 3.87. The molecule has 2 atom stereocenters. The lowest BCUT2D eigenvalue weighted by molar-refractivity contribution is -0.386. The van der Waals surface area contributed by atoms with Crippen LogP contribution in [0.2, 0.25) is 0 Å². The fourth-order valence-corrected chi connectivity index (χ4v) is 2.36. The Morgan fingerprint density at radius 2 is 2.25 bits per heavy atom. The summed E-state index contributed by atoms with van der Waals surface area (Å²) in [6.45, 7) is 5.80. The summed E-state index contributed by atoms with van der Waals surface area (Å²) in [5, 5.41) is 11.0. The molecule has 1 heterocycles. The van der Waals surface area contributed by atoms with E-state index in [2.05, 4.69) is 20.9 Å². The lowest BCUT2D eigenvalue weighted by atomic mass is 9.97. The molecule has 0 fully saturated rings. The van der Waals surface area contributed by atoms with Gasteiger partial charge in [0.15, 0.2) is 0 Å². The molecule has 1 aromatic rings. The minimum atomic E-state index is -0.354. The summed E-state index contributed by atoms with van der Waals surface area (Å²) < 4.78 is 0. The summed E-state index contributed by atoms with van der Waals surface area (Å²) in [6.07, 6.45) is 2.50. The van der Waals surface area contributed by atoms with Crippen molar-refractivity contribution >= 4 is 21.6 Å². The third kappa shape index (κ3) is 2.78. The first kappa shape index (κ1) is 13.1. The number of rotatable bonds is 4. The van der Waals surface area contributed by atoms with Crippen LogP contribution in [0.1, 0.15) is 37.4 Å². The summed E-state index contributed by atoms with van der Waals surface area (Å²) in [6, 6.07) is 1.58. The van der Waals surface area contributed by atoms with E-state index >= 15 is 0 Å². The van der Waals surface area contributed by atoms with Crippen LogP contribution < -0.4 is 0 Å². The Balaban J connectivity index is 3.26. The summed E-state index contributed by atoms with van der Waals surface area (Å²) in [7, 11) is 0. The van der Waals surface area contributed by atoms with Gasteiger partial charge >= 0.3 is 0 Å². The molecule has 0 radical (unpaired) electrons. The van der Waals surface area contributed by atoms with Gasteiger partial charge in [-0.25, -0.2) is 0 Å². The van der Waals surface area contributed by atoms with E-state index in [1.165, 1.54) is 0 Å². The predicted molar refractivity (Wildman–Crippen MR) is 67.0 cm³/mol. The lowest BCUT2D eigenvalue weighted by Crippen LogP contribution is -2.12. The average Bonchev–Trinajstić information content (AvgIpc) is 2.20. The van der Waals surface area contributed by atoms with Gasteiger partial charge in [0.05, 0.1) is 4.92 Å². The molecule has 5 heteroatoms. The third-order valence-electron chi connectivity index (χ3n) is 2.58. The van der Waals surface area contributed by atoms with Crippen molar-refractivity contribution in [3.05, 3.63) is 33.6 Å². The number of halogens is 1. The van der Waals surface area contributed by atoms with Crippen molar-refractivity contribution in [3.63, 3.8) is 0 Å². The highest BCUT2D eigenvalue weighted by molar-refractivity contribution is 9.09. The Morgan fingerprint density at radius 3 is 2.69 bits per heavy atom. The van der Waals surface area contributed by atoms with E-state index in [0.29, 0.717) is 5.69 Å². The van der Waals surface area contributed by atoms with E-state index in [9.17, 15) is 10.1 Å². The van der Waals surface area contributed by atoms with E-state index in [1.54, 1.807) is 12.3 Å². The maximum absolute atomic E-state index is 11.0. The minimum absolute atomic E-state index is 0.0704. The van der Waals surface area contributed by atoms with Gasteiger partial charge in [-0.05, 0) is 18.9 Å². The van der Waals surface area contributed by atoms with Crippen LogP contribution in [0.3, 0.4) is 0 Å². The summed E-state index contributed by atoms with van der Waals surface area (Å²) >= 11 is 3.48. The zero-order valence-corrected chi connectivity index (χ0v) is 11.2. The zero-order valence-electron chi connectivity index (χ0n) is 9.61. The van der Waals surface area contributed by atoms with Gasteiger partial charge in [-0.15, -0.1) is 0 Å². The topological polar surface area (TPSA) is 56.0 Å². The highest BCUT2D eigenvalue weighted by Gasteiger charge is 2.25. The van der Waals surface area contributed by atoms with Crippen LogP contribution in [-0.4, -0.2) is 14.7 Å². The molecule has 0 saturated heterocycles. The Hall–Kier alpha value is -0.970. The fraction of sp³-hybridized carbons (Fsp3) is 0.545. The van der Waals surface area contributed by atoms with E-state index in [1.807, 2.05) is 20.8 Å². The van der Waals surface area contributed by atoms with Gasteiger partial charge in [-0.1, -0.05) is 29.8 Å². The standard InChI is InChI=1S/C11H15BrN2O2/c1-4-9(8(3)12)11-10(14(15)16)5-7(2)6-13-11/h5-6,8-9H,4H2,1-3H3. The second kappa shape index (κ2) is 5.39. The molecule has 0 aromatic carbocycles. The molecule has 0 amide bonds. The molecule has 0 aliphatic heterocycles. The summed E-state index contributed by atoms with van der Waals surface area (Å²) in [5.41, 5.74) is 1.51. The largest absolute Gasteiger partial charge is 0.291 e. The molecule has 0 N–H and O–H groups in total. The fourth-order valence-electron chi connectivity index (χ4n) is 1.73. The molecule has 0 spiro atoms. The molecule has 0 aliphatic rings. The molecule has 0 bridgehead atoms. The van der Waals surface area contributed by atoms with Crippen molar-refractivity contribution < 1.29 is 4.92 Å². The van der Waals surface area contributed by atoms with Gasteiger partial charge in [0.1, 0.15) is 5.69 Å². The van der Waals surface area contributed by atoms with Crippen LogP contribution >= 0.6 is 15.9 Å². The molecule has 1 rings (SSSR count). The monoisotopic (exact) mass is 286 g/mol. The number of pyridine rings is 1. The first-order valence-corrected chi connectivity index (χ1v) is 6.14. The van der Waals surface area contributed by atoms with Crippen LogP contribution in [0.15, 0.2) is 12.3 Å². The van der Waals surface area contributed by atoms with Crippen molar-refractivity contribution in [1.29, 1.82) is 0 Å². The zero-order chi connectivity index (χ0) is 12.3. The van der Waals surface area contributed by atoms with Gasteiger partial charge in [0, 0.05) is 23.0 Å². The van der Waals surface area contributed by atoms with Crippen LogP contribution in [0.4, 0.5) is 5.69 Å². The van der Waals surface area contributed by atoms with Crippen LogP contribution in [-0.2, 0) is 0 Å². The quantitative estimate of drug-likeness (QED) is 0.483.